The molecule has 84 valence electrons. The minimum atomic E-state index is -0.0431. The number of thiazole rings is 1. The van der Waals surface area contributed by atoms with Gasteiger partial charge in [-0.05, 0) is 24.5 Å². The molecule has 0 aliphatic carbocycles. The predicted octanol–water partition coefficient (Wildman–Crippen LogP) is 3.06. The van der Waals surface area contributed by atoms with Gasteiger partial charge in [-0.3, -0.25) is 0 Å². The van der Waals surface area contributed by atoms with E-state index in [2.05, 4.69) is 36.2 Å². The Morgan fingerprint density at radius 2 is 2.00 bits per heavy atom. The third-order valence-corrected chi connectivity index (χ3v) is 3.83. The predicted molar refractivity (Wildman–Crippen MR) is 68.7 cm³/mol. The molecule has 2 nitrogen and oxygen atoms in total. The lowest BCUT2D eigenvalue weighted by Crippen LogP contribution is -2.11. The van der Waals surface area contributed by atoms with E-state index in [1.54, 1.807) is 11.3 Å². The van der Waals surface area contributed by atoms with E-state index in [1.807, 2.05) is 12.4 Å². The van der Waals surface area contributed by atoms with Crippen molar-refractivity contribution < 1.29 is 0 Å². The van der Waals surface area contributed by atoms with Crippen LogP contribution in [0.5, 0.6) is 0 Å². The van der Waals surface area contributed by atoms with Gasteiger partial charge in [0.05, 0.1) is 17.2 Å². The van der Waals surface area contributed by atoms with Crippen molar-refractivity contribution >= 4 is 11.3 Å². The van der Waals surface area contributed by atoms with Gasteiger partial charge in [0.25, 0.3) is 0 Å². The Labute approximate surface area is 100 Å². The van der Waals surface area contributed by atoms with E-state index < -0.39 is 0 Å². The molecule has 0 fully saturated rings. The molecule has 0 amide bonds. The van der Waals surface area contributed by atoms with Gasteiger partial charge in [0, 0.05) is 4.88 Å². The van der Waals surface area contributed by atoms with Crippen molar-refractivity contribution in [2.24, 2.45) is 5.73 Å². The molecular weight excluding hydrogens is 216 g/mol. The highest BCUT2D eigenvalue weighted by Gasteiger charge is 2.13. The summed E-state index contributed by atoms with van der Waals surface area (Å²) in [5.74, 6) is 0. The van der Waals surface area contributed by atoms with Crippen LogP contribution in [-0.4, -0.2) is 4.98 Å². The Morgan fingerprint density at radius 3 is 2.50 bits per heavy atom. The molecule has 1 aromatic carbocycles. The smallest absolute Gasteiger partial charge is 0.0798 e. The summed E-state index contributed by atoms with van der Waals surface area (Å²) in [6.45, 7) is 4.16. The average molecular weight is 232 g/mol. The van der Waals surface area contributed by atoms with Crippen LogP contribution in [-0.2, 0) is 6.42 Å². The largest absolute Gasteiger partial charge is 0.320 e. The molecule has 3 heteroatoms. The maximum absolute atomic E-state index is 6.22. The summed E-state index contributed by atoms with van der Waals surface area (Å²) >= 11 is 1.63. The summed E-state index contributed by atoms with van der Waals surface area (Å²) in [6, 6.07) is 8.47. The van der Waals surface area contributed by atoms with Crippen LogP contribution in [0.3, 0.4) is 0 Å². The molecule has 2 N–H and O–H groups in total. The van der Waals surface area contributed by atoms with Gasteiger partial charge in [-0.2, -0.15) is 0 Å². The molecule has 0 radical (unpaired) electrons. The first-order valence-electron chi connectivity index (χ1n) is 5.46. The fraction of sp³-hybridized carbons (Fsp3) is 0.308. The molecule has 2 aromatic rings. The lowest BCUT2D eigenvalue weighted by Gasteiger charge is -2.11. The molecule has 1 unspecified atom stereocenters. The fourth-order valence-corrected chi connectivity index (χ4v) is 2.55. The van der Waals surface area contributed by atoms with Crippen molar-refractivity contribution in [1.82, 2.24) is 4.98 Å². The molecule has 2 rings (SSSR count). The zero-order valence-electron chi connectivity index (χ0n) is 9.60. The number of hydrogen-bond acceptors (Lipinski definition) is 3. The Kier molecular flexibility index (Phi) is 3.36. The van der Waals surface area contributed by atoms with Gasteiger partial charge in [0.1, 0.15) is 0 Å². The van der Waals surface area contributed by atoms with Crippen molar-refractivity contribution in [3.8, 4) is 0 Å². The van der Waals surface area contributed by atoms with Gasteiger partial charge in [0.2, 0.25) is 0 Å². The van der Waals surface area contributed by atoms with Crippen LogP contribution in [0.2, 0.25) is 0 Å². The molecule has 16 heavy (non-hydrogen) atoms. The summed E-state index contributed by atoms with van der Waals surface area (Å²) in [6.07, 6.45) is 1.06. The standard InChI is InChI=1S/C13H16N2S/c1-3-10-4-6-11(7-5-10)12(14)13-9(2)15-8-16-13/h4-8,12H,3,14H2,1-2H3. The number of aromatic nitrogens is 1. The second-order valence-electron chi connectivity index (χ2n) is 3.87. The average Bonchev–Trinajstić information content (AvgIpc) is 2.75. The van der Waals surface area contributed by atoms with Crippen LogP contribution >= 0.6 is 11.3 Å². The summed E-state index contributed by atoms with van der Waals surface area (Å²) in [5, 5.41) is 0. The van der Waals surface area contributed by atoms with Gasteiger partial charge in [-0.25, -0.2) is 4.98 Å². The van der Waals surface area contributed by atoms with Gasteiger partial charge < -0.3 is 5.73 Å². The van der Waals surface area contributed by atoms with Gasteiger partial charge in [-0.1, -0.05) is 31.2 Å². The number of aryl methyl sites for hydroxylation is 2. The highest BCUT2D eigenvalue weighted by atomic mass is 32.1. The minimum absolute atomic E-state index is 0.0431. The topological polar surface area (TPSA) is 38.9 Å². The van der Waals surface area contributed by atoms with E-state index in [4.69, 9.17) is 5.73 Å². The van der Waals surface area contributed by atoms with Crippen LogP contribution in [0.15, 0.2) is 29.8 Å². The maximum atomic E-state index is 6.22. The summed E-state index contributed by atoms with van der Waals surface area (Å²) in [4.78, 5) is 5.39. The van der Waals surface area contributed by atoms with Gasteiger partial charge in [0.15, 0.2) is 0 Å². The normalized spacial score (nSPS) is 12.7. The lowest BCUT2D eigenvalue weighted by atomic mass is 10.0. The van der Waals surface area contributed by atoms with Crippen molar-refractivity contribution in [2.75, 3.05) is 0 Å². The molecule has 0 saturated carbocycles. The quantitative estimate of drug-likeness (QED) is 0.883. The monoisotopic (exact) mass is 232 g/mol. The lowest BCUT2D eigenvalue weighted by molar-refractivity contribution is 0.875. The van der Waals surface area contributed by atoms with Gasteiger partial charge in [-0.15, -0.1) is 11.3 Å². The zero-order chi connectivity index (χ0) is 11.5. The molecular formula is C13H16N2S. The second-order valence-corrected chi connectivity index (χ2v) is 4.76. The van der Waals surface area contributed by atoms with Crippen molar-refractivity contribution in [3.05, 3.63) is 51.5 Å². The molecule has 0 aliphatic heterocycles. The van der Waals surface area contributed by atoms with Crippen molar-refractivity contribution in [1.29, 1.82) is 0 Å². The summed E-state index contributed by atoms with van der Waals surface area (Å²) in [7, 11) is 0. The number of hydrogen-bond donors (Lipinski definition) is 1. The molecule has 0 bridgehead atoms. The SMILES string of the molecule is CCc1ccc(C(N)c2scnc2C)cc1. The second kappa shape index (κ2) is 4.76. The number of nitrogens with two attached hydrogens (primary N) is 1. The van der Waals surface area contributed by atoms with E-state index in [0.29, 0.717) is 0 Å². The van der Waals surface area contributed by atoms with E-state index in [9.17, 15) is 0 Å². The Balaban J connectivity index is 2.27. The first-order valence-corrected chi connectivity index (χ1v) is 6.34. The first kappa shape index (κ1) is 11.3. The number of nitrogens with zero attached hydrogens (tertiary/aromatic N) is 1. The van der Waals surface area contributed by atoms with Crippen molar-refractivity contribution in [2.45, 2.75) is 26.3 Å². The number of rotatable bonds is 3. The van der Waals surface area contributed by atoms with Crippen molar-refractivity contribution in [3.63, 3.8) is 0 Å². The van der Waals surface area contributed by atoms with Crippen LogP contribution in [0.4, 0.5) is 0 Å². The molecule has 0 spiro atoms. The Hall–Kier alpha value is -1.19. The highest BCUT2D eigenvalue weighted by Crippen LogP contribution is 2.25. The molecule has 1 atom stereocenters. The van der Waals surface area contributed by atoms with E-state index in [0.717, 1.165) is 22.6 Å². The number of benzene rings is 1. The third-order valence-electron chi connectivity index (χ3n) is 2.81. The van der Waals surface area contributed by atoms with Crippen LogP contribution in [0.1, 0.15) is 34.7 Å². The zero-order valence-corrected chi connectivity index (χ0v) is 10.4. The van der Waals surface area contributed by atoms with Crippen LogP contribution < -0.4 is 5.73 Å². The van der Waals surface area contributed by atoms with E-state index in [1.165, 1.54) is 5.56 Å². The summed E-state index contributed by atoms with van der Waals surface area (Å²) < 4.78 is 0. The molecule has 1 heterocycles. The Bertz CT molecular complexity index is 459. The molecule has 1 aromatic heterocycles. The molecule has 0 aliphatic rings. The Morgan fingerprint density at radius 1 is 1.31 bits per heavy atom. The minimum Gasteiger partial charge on any atom is -0.320 e. The van der Waals surface area contributed by atoms with Crippen LogP contribution in [0, 0.1) is 6.92 Å². The third kappa shape index (κ3) is 2.15. The van der Waals surface area contributed by atoms with E-state index in [-0.39, 0.29) is 6.04 Å². The fourth-order valence-electron chi connectivity index (χ4n) is 1.72. The van der Waals surface area contributed by atoms with Gasteiger partial charge >= 0.3 is 0 Å². The first-order chi connectivity index (χ1) is 7.72. The van der Waals surface area contributed by atoms with Crippen LogP contribution in [0.25, 0.3) is 0 Å². The summed E-state index contributed by atoms with van der Waals surface area (Å²) in [5.41, 5.74) is 11.6. The van der Waals surface area contributed by atoms with E-state index >= 15 is 0 Å². The molecule has 0 saturated heterocycles. The maximum Gasteiger partial charge on any atom is 0.0798 e. The highest BCUT2D eigenvalue weighted by molar-refractivity contribution is 7.09.